The second-order valence-electron chi connectivity index (χ2n) is 7.05. The highest BCUT2D eigenvalue weighted by atomic mass is 16.6. The van der Waals surface area contributed by atoms with Gasteiger partial charge in [0.05, 0.1) is 28.0 Å². The predicted molar refractivity (Wildman–Crippen MR) is 103 cm³/mol. The Bertz CT molecular complexity index is 1300. The van der Waals surface area contributed by atoms with E-state index in [1.54, 1.807) is 31.2 Å². The summed E-state index contributed by atoms with van der Waals surface area (Å²) >= 11 is 0. The molecule has 8 nitrogen and oxygen atoms in total. The fourth-order valence-electron chi connectivity index (χ4n) is 4.50. The number of nitrogens with zero attached hydrogens (tertiary/aromatic N) is 2. The number of carbonyl (C=O) groups excluding carboxylic acids is 2. The molecule has 1 spiro atoms. The number of nitro groups is 1. The van der Waals surface area contributed by atoms with Crippen molar-refractivity contribution in [3.8, 4) is 6.07 Å². The molecular weight excluding hydrogens is 372 g/mol. The molecule has 5 rings (SSSR count). The maximum atomic E-state index is 13.4. The van der Waals surface area contributed by atoms with Crippen LogP contribution in [0.25, 0.3) is 5.70 Å². The zero-order valence-electron chi connectivity index (χ0n) is 15.1. The zero-order valence-corrected chi connectivity index (χ0v) is 15.1. The van der Waals surface area contributed by atoms with Gasteiger partial charge in [-0.05, 0) is 13.0 Å². The highest BCUT2D eigenvalue weighted by molar-refractivity contribution is 6.29. The molecule has 0 saturated heterocycles. The molecule has 2 aliphatic heterocycles. The van der Waals surface area contributed by atoms with Crippen molar-refractivity contribution in [3.63, 3.8) is 0 Å². The van der Waals surface area contributed by atoms with Crippen LogP contribution in [0.5, 0.6) is 0 Å². The van der Waals surface area contributed by atoms with Crippen LogP contribution in [0.3, 0.4) is 0 Å². The Kier molecular flexibility index (Phi) is 3.14. The molecule has 0 bridgehead atoms. The number of hydrogen-bond acceptors (Lipinski definition) is 6. The number of hydrogen-bond donors (Lipinski definition) is 2. The van der Waals surface area contributed by atoms with Crippen molar-refractivity contribution in [2.24, 2.45) is 0 Å². The van der Waals surface area contributed by atoms with Crippen molar-refractivity contribution in [3.05, 3.63) is 86.1 Å². The van der Waals surface area contributed by atoms with Gasteiger partial charge in [0.25, 0.3) is 5.69 Å². The van der Waals surface area contributed by atoms with Gasteiger partial charge < -0.3 is 10.6 Å². The van der Waals surface area contributed by atoms with E-state index in [4.69, 9.17) is 0 Å². The number of dihydropyridines is 1. The third kappa shape index (κ3) is 1.86. The monoisotopic (exact) mass is 384 g/mol. The number of anilines is 1. The molecule has 1 atom stereocenters. The first-order valence-corrected chi connectivity index (χ1v) is 8.79. The van der Waals surface area contributed by atoms with Gasteiger partial charge in [-0.2, -0.15) is 5.26 Å². The Morgan fingerprint density at radius 2 is 1.83 bits per heavy atom. The number of allylic oxidation sites excluding steroid dienone is 1. The number of fused-ring (bicyclic) bond motifs is 5. The molecule has 2 N–H and O–H groups in total. The first-order chi connectivity index (χ1) is 13.9. The third-order valence-electron chi connectivity index (χ3n) is 5.67. The number of amides is 1. The van der Waals surface area contributed by atoms with Gasteiger partial charge in [-0.1, -0.05) is 24.3 Å². The Morgan fingerprint density at radius 3 is 2.52 bits per heavy atom. The van der Waals surface area contributed by atoms with E-state index in [2.05, 4.69) is 16.7 Å². The van der Waals surface area contributed by atoms with E-state index in [1.165, 1.54) is 18.2 Å². The van der Waals surface area contributed by atoms with Gasteiger partial charge in [0.15, 0.2) is 5.78 Å². The summed E-state index contributed by atoms with van der Waals surface area (Å²) in [6, 6.07) is 13.1. The summed E-state index contributed by atoms with van der Waals surface area (Å²) in [6.45, 7) is 1.67. The number of carbonyl (C=O) groups is 2. The molecule has 140 valence electrons. The third-order valence-corrected chi connectivity index (χ3v) is 5.67. The summed E-state index contributed by atoms with van der Waals surface area (Å²) in [5, 5.41) is 26.9. The van der Waals surface area contributed by atoms with Crippen LogP contribution in [0.1, 0.15) is 28.4 Å². The lowest BCUT2D eigenvalue weighted by Gasteiger charge is -2.34. The Balaban J connectivity index is 1.87. The molecule has 3 aliphatic rings. The lowest BCUT2D eigenvalue weighted by atomic mass is 9.66. The van der Waals surface area contributed by atoms with Crippen LogP contribution in [0.4, 0.5) is 11.4 Å². The molecule has 0 aromatic heterocycles. The second kappa shape index (κ2) is 5.39. The van der Waals surface area contributed by atoms with Gasteiger partial charge in [0.1, 0.15) is 5.41 Å². The average Bonchev–Trinajstić information content (AvgIpc) is 3.14. The van der Waals surface area contributed by atoms with Gasteiger partial charge in [-0.3, -0.25) is 19.7 Å². The van der Waals surface area contributed by atoms with Crippen LogP contribution in [0.2, 0.25) is 0 Å². The summed E-state index contributed by atoms with van der Waals surface area (Å²) in [5.41, 5.74) is 1.06. The maximum absolute atomic E-state index is 13.4. The SMILES string of the molecule is CC1=C(C#N)C2(C(=O)Nc3cc([N+](=O)[O-])ccc32)C2=C(N1)c1ccccc1C2=O. The van der Waals surface area contributed by atoms with Crippen LogP contribution < -0.4 is 10.6 Å². The minimum atomic E-state index is -1.65. The van der Waals surface area contributed by atoms with Gasteiger partial charge in [0, 0.05) is 40.1 Å². The van der Waals surface area contributed by atoms with Gasteiger partial charge in [0.2, 0.25) is 5.91 Å². The number of nitrogens with one attached hydrogen (secondary N) is 2. The Hall–Kier alpha value is -4.25. The number of rotatable bonds is 1. The molecule has 29 heavy (non-hydrogen) atoms. The molecule has 0 fully saturated rings. The van der Waals surface area contributed by atoms with Crippen LogP contribution in [0.15, 0.2) is 59.3 Å². The first kappa shape index (κ1) is 16.9. The molecule has 0 radical (unpaired) electrons. The molecule has 1 aliphatic carbocycles. The second-order valence-corrected chi connectivity index (χ2v) is 7.05. The lowest BCUT2D eigenvalue weighted by Crippen LogP contribution is -2.45. The number of nitriles is 1. The number of ketones is 1. The van der Waals surface area contributed by atoms with Crippen LogP contribution >= 0.6 is 0 Å². The molecule has 1 amide bonds. The standard InChI is InChI=1S/C21H12N4O4/c1-10-15(9-22)21(14-7-6-11(25(28)29)8-16(14)24-20(21)27)17-18(23-10)12-4-2-3-5-13(12)19(17)26/h2-8,23H,1H3,(H,24,27). The van der Waals surface area contributed by atoms with E-state index >= 15 is 0 Å². The average molecular weight is 384 g/mol. The van der Waals surface area contributed by atoms with Crippen molar-refractivity contribution in [1.29, 1.82) is 5.26 Å². The zero-order chi connectivity index (χ0) is 20.5. The molecule has 8 heteroatoms. The number of Topliss-reactive ketones (excluding diaryl/α,β-unsaturated/α-hetero) is 1. The maximum Gasteiger partial charge on any atom is 0.271 e. The van der Waals surface area contributed by atoms with E-state index < -0.39 is 16.2 Å². The van der Waals surface area contributed by atoms with E-state index in [0.29, 0.717) is 28.1 Å². The quantitative estimate of drug-likeness (QED) is 0.575. The molecular formula is C21H12N4O4. The predicted octanol–water partition coefficient (Wildman–Crippen LogP) is 2.79. The van der Waals surface area contributed by atoms with Gasteiger partial charge >= 0.3 is 0 Å². The fraction of sp³-hybridized carbons (Fsp3) is 0.0952. The van der Waals surface area contributed by atoms with E-state index in [0.717, 1.165) is 0 Å². The van der Waals surface area contributed by atoms with Crippen molar-refractivity contribution in [2.45, 2.75) is 12.3 Å². The highest BCUT2D eigenvalue weighted by Gasteiger charge is 2.60. The van der Waals surface area contributed by atoms with Crippen molar-refractivity contribution in [1.82, 2.24) is 5.32 Å². The van der Waals surface area contributed by atoms with Crippen molar-refractivity contribution >= 4 is 28.8 Å². The summed E-state index contributed by atoms with van der Waals surface area (Å²) in [4.78, 5) is 37.3. The smallest absolute Gasteiger partial charge is 0.271 e. The molecule has 2 heterocycles. The van der Waals surface area contributed by atoms with E-state index in [-0.39, 0.29) is 28.3 Å². The van der Waals surface area contributed by atoms with E-state index in [9.17, 15) is 25.0 Å². The summed E-state index contributed by atoms with van der Waals surface area (Å²) < 4.78 is 0. The Morgan fingerprint density at radius 1 is 1.10 bits per heavy atom. The first-order valence-electron chi connectivity index (χ1n) is 8.79. The molecule has 2 aromatic carbocycles. The topological polar surface area (TPSA) is 125 Å². The molecule has 2 aromatic rings. The minimum absolute atomic E-state index is 0.0995. The van der Waals surface area contributed by atoms with Crippen LogP contribution in [-0.2, 0) is 10.2 Å². The summed E-state index contributed by atoms with van der Waals surface area (Å²) in [6.07, 6.45) is 0. The largest absolute Gasteiger partial charge is 0.357 e. The number of benzene rings is 2. The lowest BCUT2D eigenvalue weighted by molar-refractivity contribution is -0.384. The molecule has 0 saturated carbocycles. The van der Waals surface area contributed by atoms with Crippen LogP contribution in [-0.4, -0.2) is 16.6 Å². The fourth-order valence-corrected chi connectivity index (χ4v) is 4.50. The van der Waals surface area contributed by atoms with Gasteiger partial charge in [-0.25, -0.2) is 0 Å². The number of non-ortho nitro benzene ring substituents is 1. The van der Waals surface area contributed by atoms with E-state index in [1.807, 2.05) is 0 Å². The molecule has 1 unspecified atom stereocenters. The highest BCUT2D eigenvalue weighted by Crippen LogP contribution is 2.55. The van der Waals surface area contributed by atoms with Crippen molar-refractivity contribution < 1.29 is 14.5 Å². The number of nitro benzene ring substituents is 1. The van der Waals surface area contributed by atoms with Crippen LogP contribution in [0, 0.1) is 21.4 Å². The summed E-state index contributed by atoms with van der Waals surface area (Å²) in [7, 11) is 0. The van der Waals surface area contributed by atoms with Gasteiger partial charge in [-0.15, -0.1) is 0 Å². The normalized spacial score (nSPS) is 21.4. The Labute approximate surface area is 164 Å². The summed E-state index contributed by atoms with van der Waals surface area (Å²) in [5.74, 6) is -0.913. The minimum Gasteiger partial charge on any atom is -0.357 e. The van der Waals surface area contributed by atoms with Crippen molar-refractivity contribution in [2.75, 3.05) is 5.32 Å².